The summed E-state index contributed by atoms with van der Waals surface area (Å²) in [6, 6.07) is 3.69. The van der Waals surface area contributed by atoms with Crippen molar-refractivity contribution >= 4 is 22.8 Å². The number of nitrogens with zero attached hydrogens (tertiary/aromatic N) is 4. The molecular weight excluding hydrogens is 416 g/mol. The summed E-state index contributed by atoms with van der Waals surface area (Å²) in [6.07, 6.45) is 5.99. The van der Waals surface area contributed by atoms with E-state index in [-0.39, 0.29) is 5.15 Å². The zero-order valence-electron chi connectivity index (χ0n) is 17.9. The van der Waals surface area contributed by atoms with Crippen LogP contribution in [0, 0.1) is 18.8 Å². The van der Waals surface area contributed by atoms with E-state index in [4.69, 9.17) is 20.8 Å². The van der Waals surface area contributed by atoms with Gasteiger partial charge < -0.3 is 14.3 Å². The number of rotatable bonds is 7. The predicted octanol–water partition coefficient (Wildman–Crippen LogP) is 5.04. The second-order valence-corrected chi connectivity index (χ2v) is 8.17. The lowest BCUT2D eigenvalue weighted by molar-refractivity contribution is -0.00536. The van der Waals surface area contributed by atoms with E-state index in [0.29, 0.717) is 41.6 Å². The maximum absolute atomic E-state index is 10.5. The molecule has 31 heavy (non-hydrogen) atoms. The fourth-order valence-corrected chi connectivity index (χ4v) is 3.94. The highest BCUT2D eigenvalue weighted by molar-refractivity contribution is 6.33. The van der Waals surface area contributed by atoms with Gasteiger partial charge in [0.1, 0.15) is 17.4 Å². The number of hydrogen-bond donors (Lipinski definition) is 1. The molecule has 1 saturated heterocycles. The van der Waals surface area contributed by atoms with Crippen molar-refractivity contribution in [1.82, 2.24) is 19.5 Å². The van der Waals surface area contributed by atoms with Crippen molar-refractivity contribution in [2.24, 2.45) is 0 Å². The van der Waals surface area contributed by atoms with Gasteiger partial charge in [-0.3, -0.25) is 4.57 Å². The van der Waals surface area contributed by atoms with Crippen LogP contribution in [0.5, 0.6) is 0 Å². The Morgan fingerprint density at radius 2 is 2.03 bits per heavy atom. The molecule has 0 spiro atoms. The van der Waals surface area contributed by atoms with Crippen molar-refractivity contribution in [3.05, 3.63) is 28.9 Å². The van der Waals surface area contributed by atoms with Gasteiger partial charge in [0.25, 0.3) is 0 Å². The van der Waals surface area contributed by atoms with Crippen LogP contribution in [0.4, 0.5) is 0 Å². The Morgan fingerprint density at radius 3 is 2.74 bits per heavy atom. The van der Waals surface area contributed by atoms with E-state index in [1.54, 1.807) is 4.57 Å². The van der Waals surface area contributed by atoms with Gasteiger partial charge in [0.15, 0.2) is 28.6 Å². The zero-order chi connectivity index (χ0) is 21.8. The van der Waals surface area contributed by atoms with Crippen molar-refractivity contribution in [2.45, 2.75) is 71.1 Å². The summed E-state index contributed by atoms with van der Waals surface area (Å²) in [5.74, 6) is 8.30. The second-order valence-electron chi connectivity index (χ2n) is 7.81. The summed E-state index contributed by atoms with van der Waals surface area (Å²) in [5, 5.41) is 10.7. The Hall–Kier alpha value is -2.40. The van der Waals surface area contributed by atoms with E-state index in [2.05, 4.69) is 33.7 Å². The van der Waals surface area contributed by atoms with Gasteiger partial charge in [0, 0.05) is 12.8 Å². The summed E-state index contributed by atoms with van der Waals surface area (Å²) in [5.41, 5.74) is 0.904. The molecule has 0 aliphatic carbocycles. The summed E-state index contributed by atoms with van der Waals surface area (Å²) < 4.78 is 13.3. The molecule has 7 nitrogen and oxygen atoms in total. The van der Waals surface area contributed by atoms with Gasteiger partial charge in [0.2, 0.25) is 5.82 Å². The van der Waals surface area contributed by atoms with Gasteiger partial charge in [-0.1, -0.05) is 50.1 Å². The SMILES string of the molecule is CCCCCCCC#Cc1nc(Cl)c2nc(-c3ccc(C)o3)n([C@@H]3OCC[C@H]3O)c2n1. The summed E-state index contributed by atoms with van der Waals surface area (Å²) in [6.45, 7) is 4.52. The fraction of sp³-hybridized carbons (Fsp3) is 0.522. The second kappa shape index (κ2) is 9.82. The van der Waals surface area contributed by atoms with Gasteiger partial charge in [-0.2, -0.15) is 0 Å². The van der Waals surface area contributed by atoms with Gasteiger partial charge in [-0.15, -0.1) is 0 Å². The highest BCUT2D eigenvalue weighted by Gasteiger charge is 2.33. The Kier molecular flexibility index (Phi) is 6.91. The zero-order valence-corrected chi connectivity index (χ0v) is 18.7. The molecule has 0 saturated carbocycles. The topological polar surface area (TPSA) is 86.2 Å². The predicted molar refractivity (Wildman–Crippen MR) is 119 cm³/mol. The molecule has 3 aromatic rings. The lowest BCUT2D eigenvalue weighted by Crippen LogP contribution is -2.20. The smallest absolute Gasteiger partial charge is 0.208 e. The quantitative estimate of drug-likeness (QED) is 0.313. The molecule has 0 bridgehead atoms. The lowest BCUT2D eigenvalue weighted by Gasteiger charge is -2.18. The summed E-state index contributed by atoms with van der Waals surface area (Å²) in [7, 11) is 0. The van der Waals surface area contributed by atoms with Crippen LogP contribution in [-0.4, -0.2) is 37.3 Å². The van der Waals surface area contributed by atoms with Gasteiger partial charge in [-0.05, 0) is 31.4 Å². The highest BCUT2D eigenvalue weighted by atomic mass is 35.5. The van der Waals surface area contributed by atoms with Crippen LogP contribution in [0.2, 0.25) is 5.15 Å². The molecule has 0 radical (unpaired) electrons. The largest absolute Gasteiger partial charge is 0.458 e. The molecule has 3 aromatic heterocycles. The summed E-state index contributed by atoms with van der Waals surface area (Å²) >= 11 is 6.45. The number of aryl methyl sites for hydroxylation is 1. The molecule has 8 heteroatoms. The van der Waals surface area contributed by atoms with E-state index < -0.39 is 12.3 Å². The van der Waals surface area contributed by atoms with E-state index >= 15 is 0 Å². The monoisotopic (exact) mass is 442 g/mol. The fourth-order valence-electron chi connectivity index (χ4n) is 3.73. The van der Waals surface area contributed by atoms with E-state index in [1.807, 2.05) is 19.1 Å². The van der Waals surface area contributed by atoms with Crippen molar-refractivity contribution in [1.29, 1.82) is 0 Å². The molecule has 4 rings (SSSR count). The number of hydrogen-bond acceptors (Lipinski definition) is 6. The molecule has 2 atom stereocenters. The van der Waals surface area contributed by atoms with Crippen LogP contribution in [-0.2, 0) is 4.74 Å². The maximum atomic E-state index is 10.5. The normalized spacial score (nSPS) is 18.5. The Bertz CT molecular complexity index is 1110. The number of ether oxygens (including phenoxy) is 1. The van der Waals surface area contributed by atoms with Crippen molar-refractivity contribution in [3.63, 3.8) is 0 Å². The number of fused-ring (bicyclic) bond motifs is 1. The van der Waals surface area contributed by atoms with Gasteiger partial charge in [0.05, 0.1) is 6.61 Å². The molecular formula is C23H27ClN4O3. The number of aliphatic hydroxyl groups excluding tert-OH is 1. The molecule has 4 heterocycles. The van der Waals surface area contributed by atoms with Crippen LogP contribution in [0.15, 0.2) is 16.5 Å². The number of halogens is 1. The van der Waals surface area contributed by atoms with E-state index in [0.717, 1.165) is 18.6 Å². The number of aromatic nitrogens is 4. The standard InChI is InChI=1S/C23H27ClN4O3/c1-3-4-5-6-7-8-9-10-18-25-20(24)19-22(26-18)28(23-16(29)13-14-30-23)21(27-19)17-12-11-15(2)31-17/h11-12,16,23,29H,3-8,13-14H2,1-2H3/t16-,23-/m1/s1. The first-order valence-electron chi connectivity index (χ1n) is 10.9. The van der Waals surface area contributed by atoms with Crippen LogP contribution >= 0.6 is 11.6 Å². The average molecular weight is 443 g/mol. The van der Waals surface area contributed by atoms with Gasteiger partial charge in [-0.25, -0.2) is 15.0 Å². The first-order valence-corrected chi connectivity index (χ1v) is 11.3. The third-order valence-corrected chi connectivity index (χ3v) is 5.61. The Balaban J connectivity index is 1.69. The third kappa shape index (κ3) is 4.77. The number of unbranched alkanes of at least 4 members (excludes halogenated alkanes) is 5. The first-order chi connectivity index (χ1) is 15.1. The first kappa shape index (κ1) is 21.8. The number of furan rings is 1. The molecule has 1 fully saturated rings. The highest BCUT2D eigenvalue weighted by Crippen LogP contribution is 2.35. The minimum absolute atomic E-state index is 0.216. The number of aliphatic hydroxyl groups is 1. The van der Waals surface area contributed by atoms with Crippen LogP contribution in [0.3, 0.4) is 0 Å². The minimum Gasteiger partial charge on any atom is -0.458 e. The molecule has 1 aliphatic heterocycles. The Labute approximate surface area is 186 Å². The van der Waals surface area contributed by atoms with Crippen molar-refractivity contribution in [3.8, 4) is 23.4 Å². The molecule has 0 amide bonds. The van der Waals surface area contributed by atoms with E-state index in [9.17, 15) is 5.11 Å². The number of imidazole rings is 1. The minimum atomic E-state index is -0.682. The molecule has 0 unspecified atom stereocenters. The van der Waals surface area contributed by atoms with Crippen LogP contribution < -0.4 is 0 Å². The van der Waals surface area contributed by atoms with E-state index in [1.165, 1.54) is 25.7 Å². The van der Waals surface area contributed by atoms with Crippen LogP contribution in [0.1, 0.15) is 69.7 Å². The maximum Gasteiger partial charge on any atom is 0.208 e. The van der Waals surface area contributed by atoms with Crippen molar-refractivity contribution in [2.75, 3.05) is 6.61 Å². The lowest BCUT2D eigenvalue weighted by atomic mass is 10.1. The molecule has 1 aliphatic rings. The third-order valence-electron chi connectivity index (χ3n) is 5.35. The Morgan fingerprint density at radius 1 is 1.19 bits per heavy atom. The van der Waals surface area contributed by atoms with Crippen molar-refractivity contribution < 1.29 is 14.3 Å². The molecule has 164 valence electrons. The van der Waals surface area contributed by atoms with Gasteiger partial charge >= 0.3 is 0 Å². The summed E-state index contributed by atoms with van der Waals surface area (Å²) in [4.78, 5) is 13.6. The average Bonchev–Trinajstić information content (AvgIpc) is 3.45. The van der Waals surface area contributed by atoms with Crippen LogP contribution in [0.25, 0.3) is 22.7 Å². The molecule has 1 N–H and O–H groups in total. The molecule has 0 aromatic carbocycles.